The highest BCUT2D eigenvalue weighted by Gasteiger charge is 1.99. The van der Waals surface area contributed by atoms with E-state index in [4.69, 9.17) is 4.74 Å². The van der Waals surface area contributed by atoms with Crippen LogP contribution in [-0.4, -0.2) is 19.1 Å². The Hall–Kier alpha value is -1.61. The third-order valence-corrected chi connectivity index (χ3v) is 2.33. The zero-order valence-corrected chi connectivity index (χ0v) is 8.95. The molecule has 0 unspecified atom stereocenters. The number of hydrogen-bond donors (Lipinski definition) is 1. The van der Waals surface area contributed by atoms with Crippen LogP contribution in [0.2, 0.25) is 0 Å². The Morgan fingerprint density at radius 1 is 1.33 bits per heavy atom. The first kappa shape index (κ1) is 9.93. The molecule has 0 bridgehead atoms. The van der Waals surface area contributed by atoms with Crippen LogP contribution in [0.5, 0.6) is 5.75 Å². The van der Waals surface area contributed by atoms with E-state index in [2.05, 4.69) is 16.4 Å². The van der Waals surface area contributed by atoms with Crippen LogP contribution < -0.4 is 10.1 Å². The maximum absolute atomic E-state index is 5.18. The summed E-state index contributed by atoms with van der Waals surface area (Å²) in [7, 11) is 3.60. The number of methoxy groups -OCH3 is 1. The minimum Gasteiger partial charge on any atom is -0.497 e. The van der Waals surface area contributed by atoms with E-state index in [1.54, 1.807) is 7.11 Å². The van der Waals surface area contributed by atoms with E-state index in [-0.39, 0.29) is 0 Å². The molecule has 0 atom stereocenters. The van der Waals surface area contributed by atoms with E-state index in [1.807, 2.05) is 31.4 Å². The first-order valence-electron chi connectivity index (χ1n) is 4.91. The molecule has 15 heavy (non-hydrogen) atoms. The van der Waals surface area contributed by atoms with Gasteiger partial charge in [0.2, 0.25) is 0 Å². The Kier molecular flexibility index (Phi) is 2.83. The van der Waals surface area contributed by atoms with Crippen LogP contribution >= 0.6 is 0 Å². The zero-order chi connectivity index (χ0) is 10.7. The molecule has 1 heterocycles. The predicted octanol–water partition coefficient (Wildman–Crippen LogP) is 1.96. The number of nitrogens with one attached hydrogen (secondary N) is 1. The van der Waals surface area contributed by atoms with Gasteiger partial charge in [0.05, 0.1) is 12.6 Å². The number of fused-ring (bicyclic) bond motifs is 1. The average molecular weight is 202 g/mol. The summed E-state index contributed by atoms with van der Waals surface area (Å²) >= 11 is 0. The quantitative estimate of drug-likeness (QED) is 0.826. The lowest BCUT2D eigenvalue weighted by molar-refractivity contribution is 0.415. The first-order chi connectivity index (χ1) is 7.33. The van der Waals surface area contributed by atoms with Crippen LogP contribution in [-0.2, 0) is 6.54 Å². The van der Waals surface area contributed by atoms with Gasteiger partial charge in [-0.15, -0.1) is 0 Å². The smallest absolute Gasteiger partial charge is 0.119 e. The summed E-state index contributed by atoms with van der Waals surface area (Å²) in [5, 5.41) is 4.22. The van der Waals surface area contributed by atoms with Crippen molar-refractivity contribution in [3.8, 4) is 5.75 Å². The molecule has 0 fully saturated rings. The summed E-state index contributed by atoms with van der Waals surface area (Å²) < 4.78 is 5.18. The molecule has 0 radical (unpaired) electrons. The molecular weight excluding hydrogens is 188 g/mol. The highest BCUT2D eigenvalue weighted by Crippen LogP contribution is 2.19. The first-order valence-corrected chi connectivity index (χ1v) is 4.91. The molecule has 0 aliphatic carbocycles. The molecule has 0 saturated carbocycles. The van der Waals surface area contributed by atoms with Crippen LogP contribution in [0.15, 0.2) is 30.5 Å². The summed E-state index contributed by atoms with van der Waals surface area (Å²) in [4.78, 5) is 4.38. The highest BCUT2D eigenvalue weighted by atomic mass is 16.5. The maximum atomic E-state index is 5.18. The second-order valence-corrected chi connectivity index (χ2v) is 3.43. The number of pyridine rings is 1. The van der Waals surface area contributed by atoms with Crippen molar-refractivity contribution in [1.29, 1.82) is 0 Å². The third kappa shape index (κ3) is 2.07. The van der Waals surface area contributed by atoms with E-state index in [9.17, 15) is 0 Å². The zero-order valence-electron chi connectivity index (χ0n) is 8.95. The Labute approximate surface area is 89.1 Å². The summed E-state index contributed by atoms with van der Waals surface area (Å²) in [6.45, 7) is 0.833. The van der Waals surface area contributed by atoms with Crippen molar-refractivity contribution in [3.63, 3.8) is 0 Å². The van der Waals surface area contributed by atoms with Crippen molar-refractivity contribution in [1.82, 2.24) is 10.3 Å². The van der Waals surface area contributed by atoms with E-state index >= 15 is 0 Å². The predicted molar refractivity (Wildman–Crippen MR) is 61.1 cm³/mol. The van der Waals surface area contributed by atoms with Gasteiger partial charge in [0, 0.05) is 18.1 Å². The monoisotopic (exact) mass is 202 g/mol. The Morgan fingerprint density at radius 2 is 2.20 bits per heavy atom. The SMILES string of the molecule is CNCc1cnc2ccc(OC)cc2c1. The van der Waals surface area contributed by atoms with Crippen molar-refractivity contribution in [2.45, 2.75) is 6.54 Å². The second kappa shape index (κ2) is 4.28. The number of rotatable bonds is 3. The van der Waals surface area contributed by atoms with Gasteiger partial charge in [0.25, 0.3) is 0 Å². The molecule has 3 heteroatoms. The summed E-state index contributed by atoms with van der Waals surface area (Å²) in [5.41, 5.74) is 2.17. The molecule has 1 aromatic heterocycles. The maximum Gasteiger partial charge on any atom is 0.119 e. The van der Waals surface area contributed by atoms with Gasteiger partial charge in [-0.1, -0.05) is 0 Å². The molecule has 0 spiro atoms. The minimum atomic E-state index is 0.833. The fourth-order valence-electron chi connectivity index (χ4n) is 1.58. The number of hydrogen-bond acceptors (Lipinski definition) is 3. The van der Waals surface area contributed by atoms with E-state index < -0.39 is 0 Å². The molecular formula is C12H14N2O. The van der Waals surface area contributed by atoms with E-state index in [0.29, 0.717) is 0 Å². The van der Waals surface area contributed by atoms with Crippen molar-refractivity contribution in [2.24, 2.45) is 0 Å². The molecule has 1 aromatic carbocycles. The molecule has 1 N–H and O–H groups in total. The molecule has 2 aromatic rings. The largest absolute Gasteiger partial charge is 0.497 e. The third-order valence-electron chi connectivity index (χ3n) is 2.33. The van der Waals surface area contributed by atoms with Gasteiger partial charge < -0.3 is 10.1 Å². The van der Waals surface area contributed by atoms with Gasteiger partial charge in [0.15, 0.2) is 0 Å². The molecule has 78 valence electrons. The fraction of sp³-hybridized carbons (Fsp3) is 0.250. The minimum absolute atomic E-state index is 0.833. The van der Waals surface area contributed by atoms with Gasteiger partial charge in [-0.25, -0.2) is 0 Å². The van der Waals surface area contributed by atoms with Crippen LogP contribution in [0.3, 0.4) is 0 Å². The highest BCUT2D eigenvalue weighted by molar-refractivity contribution is 5.80. The normalized spacial score (nSPS) is 10.5. The Bertz CT molecular complexity index is 468. The molecule has 0 amide bonds. The van der Waals surface area contributed by atoms with Crippen LogP contribution in [0, 0.1) is 0 Å². The summed E-state index contributed by atoms with van der Waals surface area (Å²) in [5.74, 6) is 0.867. The lowest BCUT2D eigenvalue weighted by atomic mass is 10.1. The van der Waals surface area contributed by atoms with Gasteiger partial charge in [0.1, 0.15) is 5.75 Å². The van der Waals surface area contributed by atoms with E-state index in [1.165, 1.54) is 5.56 Å². The van der Waals surface area contributed by atoms with E-state index in [0.717, 1.165) is 23.2 Å². The number of ether oxygens (including phenoxy) is 1. The van der Waals surface area contributed by atoms with Crippen LogP contribution in [0.1, 0.15) is 5.56 Å². The lowest BCUT2D eigenvalue weighted by Crippen LogP contribution is -2.05. The summed E-state index contributed by atoms with van der Waals surface area (Å²) in [6, 6.07) is 8.02. The molecule has 0 aliphatic rings. The van der Waals surface area contributed by atoms with Crippen molar-refractivity contribution in [2.75, 3.05) is 14.2 Å². The summed E-state index contributed by atoms with van der Waals surface area (Å²) in [6.07, 6.45) is 1.89. The molecule has 0 saturated heterocycles. The number of benzene rings is 1. The number of nitrogens with zero attached hydrogens (tertiary/aromatic N) is 1. The topological polar surface area (TPSA) is 34.2 Å². The fourth-order valence-corrected chi connectivity index (χ4v) is 1.58. The van der Waals surface area contributed by atoms with Crippen molar-refractivity contribution < 1.29 is 4.74 Å². The van der Waals surface area contributed by atoms with Crippen LogP contribution in [0.25, 0.3) is 10.9 Å². The van der Waals surface area contributed by atoms with Crippen molar-refractivity contribution >= 4 is 10.9 Å². The van der Waals surface area contributed by atoms with Gasteiger partial charge in [-0.2, -0.15) is 0 Å². The van der Waals surface area contributed by atoms with Crippen molar-refractivity contribution in [3.05, 3.63) is 36.0 Å². The molecule has 0 aliphatic heterocycles. The molecule has 2 rings (SSSR count). The van der Waals surface area contributed by atoms with Gasteiger partial charge >= 0.3 is 0 Å². The standard InChI is InChI=1S/C12H14N2O/c1-13-7-9-5-10-6-11(15-2)3-4-12(10)14-8-9/h3-6,8,13H,7H2,1-2H3. The lowest BCUT2D eigenvalue weighted by Gasteiger charge is -2.04. The molecule has 3 nitrogen and oxygen atoms in total. The van der Waals surface area contributed by atoms with Crippen LogP contribution in [0.4, 0.5) is 0 Å². The Morgan fingerprint density at radius 3 is 2.93 bits per heavy atom. The van der Waals surface area contributed by atoms with Gasteiger partial charge in [-0.3, -0.25) is 4.98 Å². The second-order valence-electron chi connectivity index (χ2n) is 3.43. The Balaban J connectivity index is 2.48. The number of aromatic nitrogens is 1. The van der Waals surface area contributed by atoms with Gasteiger partial charge in [-0.05, 0) is 36.9 Å². The average Bonchev–Trinajstić information content (AvgIpc) is 2.28.